The van der Waals surface area contributed by atoms with Crippen LogP contribution in [0.3, 0.4) is 0 Å². The Morgan fingerprint density at radius 1 is 0.727 bits per heavy atom. The fourth-order valence-corrected chi connectivity index (χ4v) is 6.32. The van der Waals surface area contributed by atoms with Crippen LogP contribution < -0.4 is 20.7 Å². The highest BCUT2D eigenvalue weighted by Gasteiger charge is 2.21. The molecule has 0 saturated heterocycles. The van der Waals surface area contributed by atoms with Gasteiger partial charge < -0.3 is 4.74 Å². The summed E-state index contributed by atoms with van der Waals surface area (Å²) in [5, 5.41) is 3.44. The third kappa shape index (κ3) is 5.98. The maximum Gasteiger partial charge on any atom is 0.343 e. The third-order valence-corrected chi connectivity index (χ3v) is 8.33. The first kappa shape index (κ1) is 23.0. The highest BCUT2D eigenvalue weighted by atomic mass is 32.2. The van der Waals surface area contributed by atoms with Crippen molar-refractivity contribution in [3.05, 3.63) is 120 Å². The summed E-state index contributed by atoms with van der Waals surface area (Å²) in [6.07, 6.45) is 0. The minimum absolute atomic E-state index is 0.0726. The normalized spacial score (nSPS) is 10.7. The summed E-state index contributed by atoms with van der Waals surface area (Å²) >= 11 is 1.25. The standard InChI is InChI=1S/C28H23O3PS/c1-21(29)33-20-22-16-18-23(19-17-22)28(30)31-26-14-8-9-15-27(26)32(24-10-4-2-5-11-24)25-12-6-3-7-13-25/h2-19H,20H2,1H3. The zero-order valence-corrected chi connectivity index (χ0v) is 19.9. The van der Waals surface area contributed by atoms with E-state index in [4.69, 9.17) is 4.74 Å². The Balaban J connectivity index is 1.62. The van der Waals surface area contributed by atoms with Gasteiger partial charge in [0.1, 0.15) is 5.75 Å². The van der Waals surface area contributed by atoms with E-state index < -0.39 is 13.9 Å². The number of hydrogen-bond acceptors (Lipinski definition) is 4. The molecule has 0 aliphatic rings. The number of rotatable bonds is 7. The molecule has 4 aromatic rings. The molecular formula is C28H23O3PS. The summed E-state index contributed by atoms with van der Waals surface area (Å²) in [6.45, 7) is 1.55. The summed E-state index contributed by atoms with van der Waals surface area (Å²) in [5.41, 5.74) is 1.47. The van der Waals surface area contributed by atoms with E-state index in [1.54, 1.807) is 19.1 Å². The van der Waals surface area contributed by atoms with Crippen LogP contribution in [-0.4, -0.2) is 11.1 Å². The molecule has 3 nitrogen and oxygen atoms in total. The molecule has 0 unspecified atom stereocenters. The van der Waals surface area contributed by atoms with E-state index in [9.17, 15) is 9.59 Å². The van der Waals surface area contributed by atoms with Crippen LogP contribution in [0.15, 0.2) is 109 Å². The molecule has 0 aliphatic carbocycles. The lowest BCUT2D eigenvalue weighted by atomic mass is 10.1. The van der Waals surface area contributed by atoms with Crippen LogP contribution in [0.25, 0.3) is 0 Å². The summed E-state index contributed by atoms with van der Waals surface area (Å²) in [6, 6.07) is 35.6. The number of thioether (sulfide) groups is 1. The van der Waals surface area contributed by atoms with Crippen molar-refractivity contribution in [1.82, 2.24) is 0 Å². The van der Waals surface area contributed by atoms with Gasteiger partial charge in [0.25, 0.3) is 0 Å². The van der Waals surface area contributed by atoms with Gasteiger partial charge in [-0.05, 0) is 42.3 Å². The van der Waals surface area contributed by atoms with Gasteiger partial charge in [-0.2, -0.15) is 0 Å². The van der Waals surface area contributed by atoms with E-state index in [-0.39, 0.29) is 5.12 Å². The fourth-order valence-electron chi connectivity index (χ4n) is 3.39. The smallest absolute Gasteiger partial charge is 0.343 e. The van der Waals surface area contributed by atoms with Gasteiger partial charge in [-0.3, -0.25) is 4.79 Å². The van der Waals surface area contributed by atoms with Gasteiger partial charge >= 0.3 is 5.97 Å². The molecular weight excluding hydrogens is 447 g/mol. The SMILES string of the molecule is CC(=O)SCc1ccc(C(=O)Oc2ccccc2P(c2ccccc2)c2ccccc2)cc1. The molecule has 0 saturated carbocycles. The van der Waals surface area contributed by atoms with Crippen molar-refractivity contribution in [2.24, 2.45) is 0 Å². The maximum absolute atomic E-state index is 13.0. The van der Waals surface area contributed by atoms with Gasteiger partial charge in [0.15, 0.2) is 5.12 Å². The van der Waals surface area contributed by atoms with Crippen molar-refractivity contribution in [3.8, 4) is 5.75 Å². The van der Waals surface area contributed by atoms with Crippen LogP contribution in [0.5, 0.6) is 5.75 Å². The quantitative estimate of drug-likeness (QED) is 0.205. The predicted molar refractivity (Wildman–Crippen MR) is 139 cm³/mol. The third-order valence-electron chi connectivity index (χ3n) is 4.97. The summed E-state index contributed by atoms with van der Waals surface area (Å²) < 4.78 is 5.91. The lowest BCUT2D eigenvalue weighted by Gasteiger charge is -2.21. The molecule has 0 N–H and O–H groups in total. The second-order valence-corrected chi connectivity index (χ2v) is 10.7. The molecule has 0 aliphatic heterocycles. The maximum atomic E-state index is 13.0. The van der Waals surface area contributed by atoms with Crippen LogP contribution in [-0.2, 0) is 10.5 Å². The van der Waals surface area contributed by atoms with Gasteiger partial charge in [0, 0.05) is 18.0 Å². The molecule has 0 spiro atoms. The van der Waals surface area contributed by atoms with Gasteiger partial charge in [0.2, 0.25) is 0 Å². The van der Waals surface area contributed by atoms with Crippen LogP contribution in [0, 0.1) is 0 Å². The largest absolute Gasteiger partial charge is 0.422 e. The number of benzene rings is 4. The average molecular weight is 471 g/mol. The lowest BCUT2D eigenvalue weighted by molar-refractivity contribution is -0.109. The number of hydrogen-bond donors (Lipinski definition) is 0. The van der Waals surface area contributed by atoms with E-state index in [1.165, 1.54) is 22.4 Å². The van der Waals surface area contributed by atoms with Crippen LogP contribution in [0.1, 0.15) is 22.8 Å². The summed E-state index contributed by atoms with van der Waals surface area (Å²) in [7, 11) is -0.895. The molecule has 5 heteroatoms. The van der Waals surface area contributed by atoms with E-state index in [0.29, 0.717) is 17.1 Å². The minimum atomic E-state index is -0.895. The van der Waals surface area contributed by atoms with Crippen molar-refractivity contribution in [1.29, 1.82) is 0 Å². The number of para-hydroxylation sites is 1. The molecule has 164 valence electrons. The van der Waals surface area contributed by atoms with Crippen LogP contribution in [0.4, 0.5) is 0 Å². The first-order valence-corrected chi connectivity index (χ1v) is 12.9. The summed E-state index contributed by atoms with van der Waals surface area (Å²) in [5.74, 6) is 0.758. The number of ether oxygens (including phenoxy) is 1. The van der Waals surface area contributed by atoms with Crippen molar-refractivity contribution in [2.75, 3.05) is 0 Å². The van der Waals surface area contributed by atoms with Gasteiger partial charge in [0.05, 0.1) is 5.56 Å². The Morgan fingerprint density at radius 2 is 1.27 bits per heavy atom. The monoisotopic (exact) mass is 470 g/mol. The van der Waals surface area contributed by atoms with E-state index >= 15 is 0 Å². The Morgan fingerprint density at radius 3 is 1.85 bits per heavy atom. The second kappa shape index (κ2) is 11.1. The van der Waals surface area contributed by atoms with Gasteiger partial charge in [-0.1, -0.05) is 103 Å². The first-order valence-electron chi connectivity index (χ1n) is 10.6. The zero-order chi connectivity index (χ0) is 23.0. The molecule has 4 aromatic carbocycles. The lowest BCUT2D eigenvalue weighted by Crippen LogP contribution is -2.23. The molecule has 0 fully saturated rings. The topological polar surface area (TPSA) is 43.4 Å². The fraction of sp³-hybridized carbons (Fsp3) is 0.0714. The molecule has 4 rings (SSSR count). The van der Waals surface area contributed by atoms with Crippen molar-refractivity contribution in [2.45, 2.75) is 12.7 Å². The molecule has 0 amide bonds. The zero-order valence-electron chi connectivity index (χ0n) is 18.2. The second-order valence-electron chi connectivity index (χ2n) is 7.34. The predicted octanol–water partition coefficient (Wildman–Crippen LogP) is 5.44. The Kier molecular flexibility index (Phi) is 7.72. The Hall–Kier alpha value is -3.20. The Bertz CT molecular complexity index is 1190. The highest BCUT2D eigenvalue weighted by Crippen LogP contribution is 2.36. The number of carbonyl (C=O) groups excluding carboxylic acids is 2. The van der Waals surface area contributed by atoms with Gasteiger partial charge in [-0.25, -0.2) is 4.79 Å². The highest BCUT2D eigenvalue weighted by molar-refractivity contribution is 8.12. The van der Waals surface area contributed by atoms with Crippen molar-refractivity contribution < 1.29 is 14.3 Å². The molecule has 0 bridgehead atoms. The molecule has 0 radical (unpaired) electrons. The van der Waals surface area contributed by atoms with E-state index in [0.717, 1.165) is 10.9 Å². The van der Waals surface area contributed by atoms with E-state index in [2.05, 4.69) is 24.3 Å². The average Bonchev–Trinajstić information content (AvgIpc) is 2.85. The molecule has 0 aromatic heterocycles. The summed E-state index contributed by atoms with van der Waals surface area (Å²) in [4.78, 5) is 24.1. The van der Waals surface area contributed by atoms with Crippen LogP contribution >= 0.6 is 19.7 Å². The van der Waals surface area contributed by atoms with Gasteiger partial charge in [-0.15, -0.1) is 0 Å². The molecule has 0 heterocycles. The number of carbonyl (C=O) groups is 2. The minimum Gasteiger partial charge on any atom is -0.422 e. The number of esters is 1. The molecule has 33 heavy (non-hydrogen) atoms. The van der Waals surface area contributed by atoms with Crippen LogP contribution in [0.2, 0.25) is 0 Å². The first-order chi connectivity index (χ1) is 16.1. The Labute approximate surface area is 199 Å². The molecule has 0 atom stereocenters. The van der Waals surface area contributed by atoms with Crippen molar-refractivity contribution in [3.63, 3.8) is 0 Å². The van der Waals surface area contributed by atoms with E-state index in [1.807, 2.05) is 72.8 Å². The van der Waals surface area contributed by atoms with Crippen molar-refractivity contribution >= 4 is 46.7 Å².